The van der Waals surface area contributed by atoms with E-state index < -0.39 is 12.9 Å². The fraction of sp³-hybridized carbons (Fsp3) is 0.200. The Balaban J connectivity index is 1.83. The number of anilines is 1. The second-order valence-electron chi connectivity index (χ2n) is 5.02. The fourth-order valence-corrected chi connectivity index (χ4v) is 2.63. The Bertz CT molecular complexity index is 633. The molecule has 0 atom stereocenters. The quantitative estimate of drug-likeness (QED) is 0.821. The predicted octanol–water partition coefficient (Wildman–Crippen LogP) is 1.07. The fourth-order valence-electron chi connectivity index (χ4n) is 2.63. The summed E-state index contributed by atoms with van der Waals surface area (Å²) >= 11 is 0. The van der Waals surface area contributed by atoms with Gasteiger partial charge < -0.3 is 14.9 Å². The lowest BCUT2D eigenvalue weighted by molar-refractivity contribution is 0.425. The summed E-state index contributed by atoms with van der Waals surface area (Å²) in [5.74, 6) is -0.403. The number of nitrogens with zero attached hydrogens (tertiary/aromatic N) is 1. The molecule has 3 nitrogen and oxygen atoms in total. The van der Waals surface area contributed by atoms with Crippen molar-refractivity contribution in [3.05, 3.63) is 59.4 Å². The van der Waals surface area contributed by atoms with Gasteiger partial charge >= 0.3 is 7.12 Å². The summed E-state index contributed by atoms with van der Waals surface area (Å²) in [5.41, 5.74) is 3.17. The summed E-state index contributed by atoms with van der Waals surface area (Å²) in [5, 5.41) is 18.1. The Morgan fingerprint density at radius 3 is 2.70 bits per heavy atom. The van der Waals surface area contributed by atoms with E-state index in [1.807, 2.05) is 18.2 Å². The van der Waals surface area contributed by atoms with Crippen LogP contribution in [0.2, 0.25) is 0 Å². The minimum absolute atomic E-state index is 0.174. The smallest absolute Gasteiger partial charge is 0.423 e. The molecule has 2 N–H and O–H groups in total. The number of halogens is 1. The zero-order chi connectivity index (χ0) is 14.1. The highest BCUT2D eigenvalue weighted by atomic mass is 19.1. The molecule has 3 rings (SSSR count). The van der Waals surface area contributed by atoms with Crippen molar-refractivity contribution in [1.29, 1.82) is 0 Å². The number of hydrogen-bond acceptors (Lipinski definition) is 3. The first kappa shape index (κ1) is 13.2. The lowest BCUT2D eigenvalue weighted by atomic mass is 9.80. The highest BCUT2D eigenvalue weighted by Crippen LogP contribution is 2.29. The van der Waals surface area contributed by atoms with E-state index in [2.05, 4.69) is 11.0 Å². The minimum atomic E-state index is -1.63. The molecule has 2 aromatic carbocycles. The molecule has 1 heterocycles. The zero-order valence-corrected chi connectivity index (χ0v) is 11.0. The second-order valence-corrected chi connectivity index (χ2v) is 5.02. The lowest BCUT2D eigenvalue weighted by Crippen LogP contribution is -2.30. The van der Waals surface area contributed by atoms with Gasteiger partial charge in [0.25, 0.3) is 0 Å². The van der Waals surface area contributed by atoms with E-state index in [1.165, 1.54) is 11.6 Å². The maximum Gasteiger partial charge on any atom is 0.488 e. The summed E-state index contributed by atoms with van der Waals surface area (Å²) in [6, 6.07) is 12.5. The Labute approximate surface area is 117 Å². The van der Waals surface area contributed by atoms with Crippen LogP contribution in [0, 0.1) is 5.82 Å². The predicted molar refractivity (Wildman–Crippen MR) is 77.4 cm³/mol. The van der Waals surface area contributed by atoms with Gasteiger partial charge in [0.1, 0.15) is 5.82 Å². The SMILES string of the molecule is OB(O)c1ccc(CN2CCc3ccccc32)c(F)c1. The van der Waals surface area contributed by atoms with Crippen molar-refractivity contribution in [2.75, 3.05) is 11.4 Å². The summed E-state index contributed by atoms with van der Waals surface area (Å²) in [7, 11) is -1.63. The first-order valence-electron chi connectivity index (χ1n) is 6.62. The van der Waals surface area contributed by atoms with Gasteiger partial charge in [-0.05, 0) is 29.6 Å². The minimum Gasteiger partial charge on any atom is -0.423 e. The average molecular weight is 271 g/mol. The molecule has 102 valence electrons. The largest absolute Gasteiger partial charge is 0.488 e. The molecule has 1 aliphatic heterocycles. The topological polar surface area (TPSA) is 43.7 Å². The van der Waals surface area contributed by atoms with Gasteiger partial charge in [0, 0.05) is 24.3 Å². The molecule has 0 saturated carbocycles. The molecule has 0 spiro atoms. The van der Waals surface area contributed by atoms with Gasteiger partial charge in [0.05, 0.1) is 0 Å². The summed E-state index contributed by atoms with van der Waals surface area (Å²) < 4.78 is 14.0. The van der Waals surface area contributed by atoms with Gasteiger partial charge in [-0.15, -0.1) is 0 Å². The summed E-state index contributed by atoms with van der Waals surface area (Å²) in [4.78, 5) is 2.14. The molecule has 0 unspecified atom stereocenters. The van der Waals surface area contributed by atoms with Crippen molar-refractivity contribution < 1.29 is 14.4 Å². The molecule has 0 aliphatic carbocycles. The Kier molecular flexibility index (Phi) is 3.46. The van der Waals surface area contributed by atoms with Gasteiger partial charge in [0.15, 0.2) is 0 Å². The van der Waals surface area contributed by atoms with Crippen LogP contribution in [0.25, 0.3) is 0 Å². The van der Waals surface area contributed by atoms with Gasteiger partial charge in [-0.25, -0.2) is 4.39 Å². The summed E-state index contributed by atoms with van der Waals surface area (Å²) in [6.07, 6.45) is 0.977. The van der Waals surface area contributed by atoms with Crippen molar-refractivity contribution in [1.82, 2.24) is 0 Å². The third kappa shape index (κ3) is 2.42. The number of benzene rings is 2. The van der Waals surface area contributed by atoms with Crippen LogP contribution in [0.15, 0.2) is 42.5 Å². The van der Waals surface area contributed by atoms with Crippen LogP contribution >= 0.6 is 0 Å². The van der Waals surface area contributed by atoms with E-state index in [-0.39, 0.29) is 5.46 Å². The van der Waals surface area contributed by atoms with Crippen LogP contribution in [-0.4, -0.2) is 23.7 Å². The van der Waals surface area contributed by atoms with E-state index in [1.54, 1.807) is 12.1 Å². The van der Waals surface area contributed by atoms with E-state index in [9.17, 15) is 4.39 Å². The van der Waals surface area contributed by atoms with Gasteiger partial charge in [-0.3, -0.25) is 0 Å². The molecule has 1 aliphatic rings. The monoisotopic (exact) mass is 271 g/mol. The first-order valence-corrected chi connectivity index (χ1v) is 6.62. The highest BCUT2D eigenvalue weighted by Gasteiger charge is 2.20. The van der Waals surface area contributed by atoms with Crippen molar-refractivity contribution in [2.45, 2.75) is 13.0 Å². The molecule has 0 aromatic heterocycles. The zero-order valence-electron chi connectivity index (χ0n) is 11.0. The summed E-state index contributed by atoms with van der Waals surface area (Å²) in [6.45, 7) is 1.37. The van der Waals surface area contributed by atoms with E-state index >= 15 is 0 Å². The van der Waals surface area contributed by atoms with Crippen LogP contribution in [0.3, 0.4) is 0 Å². The lowest BCUT2D eigenvalue weighted by Gasteiger charge is -2.20. The molecule has 20 heavy (non-hydrogen) atoms. The number of rotatable bonds is 3. The Morgan fingerprint density at radius 1 is 1.15 bits per heavy atom. The normalized spacial score (nSPS) is 13.4. The molecule has 0 bridgehead atoms. The maximum absolute atomic E-state index is 14.0. The van der Waals surface area contributed by atoms with Crippen molar-refractivity contribution in [3.63, 3.8) is 0 Å². The van der Waals surface area contributed by atoms with Gasteiger partial charge in [-0.2, -0.15) is 0 Å². The molecule has 0 radical (unpaired) electrons. The van der Waals surface area contributed by atoms with Gasteiger partial charge in [-0.1, -0.05) is 30.3 Å². The van der Waals surface area contributed by atoms with Crippen molar-refractivity contribution in [3.8, 4) is 0 Å². The van der Waals surface area contributed by atoms with E-state index in [0.29, 0.717) is 12.1 Å². The Morgan fingerprint density at radius 2 is 1.95 bits per heavy atom. The first-order chi connectivity index (χ1) is 9.65. The van der Waals surface area contributed by atoms with E-state index in [4.69, 9.17) is 10.0 Å². The number of para-hydroxylation sites is 1. The second kappa shape index (κ2) is 5.27. The molecule has 5 heteroatoms. The van der Waals surface area contributed by atoms with Gasteiger partial charge in [0.2, 0.25) is 0 Å². The Hall–Kier alpha value is -1.85. The van der Waals surface area contributed by atoms with Crippen molar-refractivity contribution in [2.24, 2.45) is 0 Å². The van der Waals surface area contributed by atoms with Crippen LogP contribution in [-0.2, 0) is 13.0 Å². The highest BCUT2D eigenvalue weighted by molar-refractivity contribution is 6.58. The number of fused-ring (bicyclic) bond motifs is 1. The van der Waals surface area contributed by atoms with Crippen molar-refractivity contribution >= 4 is 18.3 Å². The van der Waals surface area contributed by atoms with Crippen LogP contribution in [0.4, 0.5) is 10.1 Å². The van der Waals surface area contributed by atoms with E-state index in [0.717, 1.165) is 18.7 Å². The van der Waals surface area contributed by atoms with Crippen LogP contribution in [0.5, 0.6) is 0 Å². The van der Waals surface area contributed by atoms with Crippen LogP contribution in [0.1, 0.15) is 11.1 Å². The average Bonchev–Trinajstić information content (AvgIpc) is 2.84. The molecule has 0 amide bonds. The molecular formula is C15H15BFNO2. The maximum atomic E-state index is 14.0. The molecular weight excluding hydrogens is 256 g/mol. The van der Waals surface area contributed by atoms with Crippen LogP contribution < -0.4 is 10.4 Å². The molecule has 0 fully saturated rings. The molecule has 2 aromatic rings. The standard InChI is InChI=1S/C15H15BFNO2/c17-14-9-13(16(19)20)6-5-12(14)10-18-8-7-11-3-1-2-4-15(11)18/h1-6,9,19-20H,7-8,10H2. The third-order valence-electron chi connectivity index (χ3n) is 3.72. The molecule has 0 saturated heterocycles. The third-order valence-corrected chi connectivity index (χ3v) is 3.72. The number of hydrogen-bond donors (Lipinski definition) is 2.